The summed E-state index contributed by atoms with van der Waals surface area (Å²) >= 11 is 0. The van der Waals surface area contributed by atoms with Crippen molar-refractivity contribution >= 4 is 0 Å². The molecule has 86 valence electrons. The van der Waals surface area contributed by atoms with Crippen molar-refractivity contribution in [3.63, 3.8) is 0 Å². The van der Waals surface area contributed by atoms with Gasteiger partial charge >= 0.3 is 0 Å². The van der Waals surface area contributed by atoms with E-state index in [0.29, 0.717) is 0 Å². The number of aliphatic hydroxyl groups excluding tert-OH is 2. The molecule has 16 heavy (non-hydrogen) atoms. The molecule has 0 amide bonds. The highest BCUT2D eigenvalue weighted by molar-refractivity contribution is 5.38. The minimum atomic E-state index is -0.0401. The maximum atomic E-state index is 9.87. The van der Waals surface area contributed by atoms with Crippen LogP contribution in [0.25, 0.3) is 0 Å². The van der Waals surface area contributed by atoms with E-state index in [9.17, 15) is 10.2 Å². The fraction of sp³-hybridized carbons (Fsp3) is 1.00. The van der Waals surface area contributed by atoms with E-state index >= 15 is 0 Å². The lowest BCUT2D eigenvalue weighted by atomic mass is 9.60. The summed E-state index contributed by atoms with van der Waals surface area (Å²) in [5, 5.41) is 19.7. The summed E-state index contributed by atoms with van der Waals surface area (Å²) in [6, 6.07) is 0. The van der Waals surface area contributed by atoms with Gasteiger partial charge in [0.25, 0.3) is 0 Å². The van der Waals surface area contributed by atoms with E-state index in [1.165, 1.54) is 6.42 Å². The monoisotopic (exact) mass is 218 g/mol. The second kappa shape index (κ2) is 1.91. The molecule has 7 aliphatic rings. The van der Waals surface area contributed by atoms with Gasteiger partial charge in [-0.05, 0) is 65.6 Å². The van der Waals surface area contributed by atoms with E-state index < -0.39 is 0 Å². The smallest absolute Gasteiger partial charge is 0.0515 e. The molecular weight excluding hydrogens is 200 g/mol. The van der Waals surface area contributed by atoms with Crippen LogP contribution in [0.3, 0.4) is 0 Å². The average molecular weight is 218 g/mol. The maximum Gasteiger partial charge on any atom is 0.0515 e. The summed E-state index contributed by atoms with van der Waals surface area (Å²) in [6.07, 6.45) is 1.53. The van der Waals surface area contributed by atoms with Gasteiger partial charge in [-0.3, -0.25) is 0 Å². The van der Waals surface area contributed by atoms with Crippen molar-refractivity contribution in [3.05, 3.63) is 0 Å². The first kappa shape index (κ1) is 8.10. The van der Waals surface area contributed by atoms with Gasteiger partial charge in [-0.15, -0.1) is 0 Å². The minimum Gasteiger partial charge on any atom is -0.396 e. The number of rotatable bonds is 2. The van der Waals surface area contributed by atoms with Crippen LogP contribution in [0.15, 0.2) is 0 Å². The Labute approximate surface area is 95.0 Å². The molecule has 0 spiro atoms. The molecule has 0 unspecified atom stereocenters. The molecule has 7 aliphatic carbocycles. The zero-order valence-electron chi connectivity index (χ0n) is 9.29. The van der Waals surface area contributed by atoms with Crippen molar-refractivity contribution in [2.75, 3.05) is 13.2 Å². The van der Waals surface area contributed by atoms with Crippen molar-refractivity contribution in [3.8, 4) is 0 Å². The summed E-state index contributed by atoms with van der Waals surface area (Å²) in [5.41, 5.74) is -0.0401. The lowest BCUT2D eigenvalue weighted by Crippen LogP contribution is -2.41. The van der Waals surface area contributed by atoms with Crippen LogP contribution < -0.4 is 0 Å². The molecule has 7 rings (SSSR count). The molecular formula is C14H18O2. The van der Waals surface area contributed by atoms with E-state index in [4.69, 9.17) is 0 Å². The van der Waals surface area contributed by atoms with Gasteiger partial charge in [0, 0.05) is 5.41 Å². The first-order valence-corrected chi connectivity index (χ1v) is 7.07. The number of hydrogen-bond acceptors (Lipinski definition) is 2. The van der Waals surface area contributed by atoms with Gasteiger partial charge in [-0.2, -0.15) is 0 Å². The van der Waals surface area contributed by atoms with Gasteiger partial charge in [0.1, 0.15) is 0 Å². The number of hydrogen-bond donors (Lipinski definition) is 2. The fourth-order valence-electron chi connectivity index (χ4n) is 8.76. The molecule has 0 radical (unpaired) electrons. The van der Waals surface area contributed by atoms with E-state index in [0.717, 1.165) is 59.2 Å². The van der Waals surface area contributed by atoms with Gasteiger partial charge in [-0.25, -0.2) is 0 Å². The second-order valence-electron chi connectivity index (χ2n) is 7.63. The van der Waals surface area contributed by atoms with Crippen molar-refractivity contribution in [2.45, 2.75) is 6.42 Å². The molecule has 2 heteroatoms. The summed E-state index contributed by atoms with van der Waals surface area (Å²) in [4.78, 5) is 0. The quantitative estimate of drug-likeness (QED) is 0.712. The lowest BCUT2D eigenvalue weighted by molar-refractivity contribution is 0.00446. The third-order valence-corrected chi connectivity index (χ3v) is 8.32. The van der Waals surface area contributed by atoms with Crippen LogP contribution >= 0.6 is 0 Å². The molecule has 4 bridgehead atoms. The zero-order chi connectivity index (χ0) is 10.4. The maximum absolute atomic E-state index is 9.87. The van der Waals surface area contributed by atoms with Crippen LogP contribution in [0.4, 0.5) is 0 Å². The highest BCUT2D eigenvalue weighted by Gasteiger charge is 2.91. The van der Waals surface area contributed by atoms with Gasteiger partial charge in [0.05, 0.1) is 13.2 Å². The highest BCUT2D eigenvalue weighted by Crippen LogP contribution is 2.94. The predicted molar refractivity (Wildman–Crippen MR) is 56.1 cm³/mol. The molecule has 0 heterocycles. The summed E-state index contributed by atoms with van der Waals surface area (Å²) < 4.78 is 0. The molecule has 0 aromatic carbocycles. The predicted octanol–water partition coefficient (Wildman–Crippen LogP) is 0.591. The molecule has 10 atom stereocenters. The van der Waals surface area contributed by atoms with Crippen LogP contribution in [-0.2, 0) is 0 Å². The highest BCUT2D eigenvalue weighted by atomic mass is 16.3. The van der Waals surface area contributed by atoms with Crippen molar-refractivity contribution in [1.29, 1.82) is 0 Å². The molecule has 0 aromatic heterocycles. The molecule has 0 aromatic rings. The Bertz CT molecular complexity index is 377. The van der Waals surface area contributed by atoms with Crippen LogP contribution in [0.1, 0.15) is 6.42 Å². The Morgan fingerprint density at radius 3 is 1.69 bits per heavy atom. The van der Waals surface area contributed by atoms with Crippen LogP contribution in [-0.4, -0.2) is 23.4 Å². The third kappa shape index (κ3) is 0.425. The van der Waals surface area contributed by atoms with E-state index in [-0.39, 0.29) is 18.6 Å². The molecule has 0 saturated heterocycles. The largest absolute Gasteiger partial charge is 0.396 e. The molecule has 2 nitrogen and oxygen atoms in total. The Hall–Kier alpha value is -0.0800. The van der Waals surface area contributed by atoms with Crippen LogP contribution in [0.5, 0.6) is 0 Å². The second-order valence-corrected chi connectivity index (χ2v) is 7.63. The standard InChI is InChI=1S/C14H18O2/c15-2-14(3-16)12-8-4-1-5-7-6(4)10(12)11(7)13(14)9(5)8/h4-13,15-16H,1-3H2/t4-,5+,6-,7+,8-,9-,10+,11-,12+,13+/m1/s1. The van der Waals surface area contributed by atoms with Crippen molar-refractivity contribution < 1.29 is 10.2 Å². The van der Waals surface area contributed by atoms with E-state index in [2.05, 4.69) is 0 Å². The Kier molecular flexibility index (Phi) is 0.966. The lowest BCUT2D eigenvalue weighted by Gasteiger charge is -2.44. The summed E-state index contributed by atoms with van der Waals surface area (Å²) in [7, 11) is 0. The van der Waals surface area contributed by atoms with Crippen molar-refractivity contribution in [1.82, 2.24) is 0 Å². The Morgan fingerprint density at radius 1 is 0.750 bits per heavy atom. The molecule has 0 aliphatic heterocycles. The first-order valence-electron chi connectivity index (χ1n) is 7.07. The topological polar surface area (TPSA) is 40.5 Å². The SMILES string of the molecule is OCC1(CO)[C@@H]2[C@@H]3[C@H]4[C@@H]5C[C@@H]6[C@H]4[C@@H]3[C@@H]1[C@H]6[C@@H]52. The third-order valence-electron chi connectivity index (χ3n) is 8.32. The van der Waals surface area contributed by atoms with Crippen LogP contribution in [0, 0.1) is 64.6 Å². The Balaban J connectivity index is 1.67. The van der Waals surface area contributed by atoms with E-state index in [1.807, 2.05) is 0 Å². The van der Waals surface area contributed by atoms with Gasteiger partial charge in [0.2, 0.25) is 0 Å². The average Bonchev–Trinajstić information content (AvgIpc) is 2.88. The molecule has 7 fully saturated rings. The first-order chi connectivity index (χ1) is 7.85. The number of aliphatic hydroxyl groups is 2. The minimum absolute atomic E-state index is 0.0401. The van der Waals surface area contributed by atoms with Gasteiger partial charge in [0.15, 0.2) is 0 Å². The van der Waals surface area contributed by atoms with Gasteiger partial charge in [-0.1, -0.05) is 0 Å². The summed E-state index contributed by atoms with van der Waals surface area (Å²) in [6.45, 7) is 0.523. The van der Waals surface area contributed by atoms with E-state index in [1.54, 1.807) is 0 Å². The zero-order valence-corrected chi connectivity index (χ0v) is 9.29. The van der Waals surface area contributed by atoms with Gasteiger partial charge < -0.3 is 10.2 Å². The Morgan fingerprint density at radius 2 is 1.25 bits per heavy atom. The van der Waals surface area contributed by atoms with Crippen molar-refractivity contribution in [2.24, 2.45) is 64.6 Å². The summed E-state index contributed by atoms with van der Waals surface area (Å²) in [5.74, 6) is 9.33. The normalized spacial score (nSPS) is 76.9. The molecule has 7 saturated carbocycles. The van der Waals surface area contributed by atoms with Crippen LogP contribution in [0.2, 0.25) is 0 Å². The molecule has 2 N–H and O–H groups in total. The fourth-order valence-corrected chi connectivity index (χ4v) is 8.76.